The van der Waals surface area contributed by atoms with Crippen molar-refractivity contribution in [3.8, 4) is 5.75 Å². The maximum atomic E-state index is 13.2. The number of phenols is 1. The Morgan fingerprint density at radius 1 is 1.39 bits per heavy atom. The van der Waals surface area contributed by atoms with E-state index >= 15 is 0 Å². The van der Waals surface area contributed by atoms with Gasteiger partial charge < -0.3 is 14.9 Å². The molecule has 18 heavy (non-hydrogen) atoms. The molecule has 4 nitrogen and oxygen atoms in total. The number of halogens is 1. The highest BCUT2D eigenvalue weighted by molar-refractivity contribution is 5.73. The maximum absolute atomic E-state index is 13.2. The molecule has 100 valence electrons. The Kier molecular flexibility index (Phi) is 4.67. The first-order valence-corrected chi connectivity index (χ1v) is 5.62. The summed E-state index contributed by atoms with van der Waals surface area (Å²) in [7, 11) is 1.24. The summed E-state index contributed by atoms with van der Waals surface area (Å²) in [6.45, 7) is 3.53. The number of ether oxygens (including phenoxy) is 1. The fraction of sp³-hybridized carbons (Fsp3) is 0.462. The Bertz CT molecular complexity index is 431. The summed E-state index contributed by atoms with van der Waals surface area (Å²) in [4.78, 5) is 11.6. The van der Waals surface area contributed by atoms with Gasteiger partial charge in [0, 0.05) is 0 Å². The Balaban J connectivity index is 3.05. The zero-order chi connectivity index (χ0) is 13.9. The first-order chi connectivity index (χ1) is 8.38. The quantitative estimate of drug-likeness (QED) is 0.809. The summed E-state index contributed by atoms with van der Waals surface area (Å²) in [5.74, 6) is -2.82. The van der Waals surface area contributed by atoms with E-state index in [-0.39, 0.29) is 11.5 Å². The van der Waals surface area contributed by atoms with Crippen LogP contribution in [0.4, 0.5) is 4.39 Å². The number of methoxy groups -OCH3 is 1. The molecule has 0 radical (unpaired) electrons. The van der Waals surface area contributed by atoms with Crippen molar-refractivity contribution in [1.82, 2.24) is 0 Å². The molecule has 0 fully saturated rings. The normalized spacial score (nSPS) is 14.3. The molecular formula is C13H17FO4. The molecule has 2 N–H and O–H groups in total. The molecule has 0 amide bonds. The van der Waals surface area contributed by atoms with Gasteiger partial charge in [-0.2, -0.15) is 0 Å². The van der Waals surface area contributed by atoms with Crippen LogP contribution in [0, 0.1) is 17.7 Å². The SMILES string of the molecule is COC(=O)C(C(C)C)C(O)c1ccc(O)c(F)c1. The van der Waals surface area contributed by atoms with Gasteiger partial charge >= 0.3 is 5.97 Å². The van der Waals surface area contributed by atoms with Crippen molar-refractivity contribution in [2.75, 3.05) is 7.11 Å². The molecule has 1 aromatic rings. The summed E-state index contributed by atoms with van der Waals surface area (Å²) >= 11 is 0. The van der Waals surface area contributed by atoms with Crippen LogP contribution in [0.1, 0.15) is 25.5 Å². The molecule has 0 aliphatic rings. The Morgan fingerprint density at radius 2 is 2.00 bits per heavy atom. The molecule has 0 bridgehead atoms. The Labute approximate surface area is 105 Å². The molecule has 0 spiro atoms. The van der Waals surface area contributed by atoms with Crippen molar-refractivity contribution in [1.29, 1.82) is 0 Å². The molecule has 0 heterocycles. The molecule has 5 heteroatoms. The highest BCUT2D eigenvalue weighted by atomic mass is 19.1. The number of esters is 1. The lowest BCUT2D eigenvalue weighted by molar-refractivity contribution is -0.152. The molecule has 0 aromatic heterocycles. The van der Waals surface area contributed by atoms with Gasteiger partial charge in [0.15, 0.2) is 11.6 Å². The topological polar surface area (TPSA) is 66.8 Å². The second-order valence-electron chi connectivity index (χ2n) is 4.45. The van der Waals surface area contributed by atoms with Gasteiger partial charge in [-0.1, -0.05) is 19.9 Å². The highest BCUT2D eigenvalue weighted by Gasteiger charge is 2.32. The van der Waals surface area contributed by atoms with Crippen LogP contribution in [-0.2, 0) is 9.53 Å². The first kappa shape index (κ1) is 14.4. The molecule has 0 aliphatic carbocycles. The van der Waals surface area contributed by atoms with Crippen LogP contribution in [0.2, 0.25) is 0 Å². The van der Waals surface area contributed by atoms with E-state index in [0.717, 1.165) is 12.1 Å². The zero-order valence-electron chi connectivity index (χ0n) is 10.6. The van der Waals surface area contributed by atoms with Crippen LogP contribution >= 0.6 is 0 Å². The fourth-order valence-corrected chi connectivity index (χ4v) is 1.82. The third kappa shape index (κ3) is 2.98. The van der Waals surface area contributed by atoms with Crippen LogP contribution in [0.25, 0.3) is 0 Å². The molecule has 0 saturated heterocycles. The van der Waals surface area contributed by atoms with Crippen LogP contribution in [0.3, 0.4) is 0 Å². The molecule has 2 unspecified atom stereocenters. The first-order valence-electron chi connectivity index (χ1n) is 5.62. The van der Waals surface area contributed by atoms with Crippen molar-refractivity contribution >= 4 is 5.97 Å². The van der Waals surface area contributed by atoms with E-state index in [4.69, 9.17) is 5.11 Å². The number of phenolic OH excluding ortho intramolecular Hbond substituents is 1. The number of aromatic hydroxyl groups is 1. The molecule has 0 aliphatic heterocycles. The van der Waals surface area contributed by atoms with E-state index < -0.39 is 29.6 Å². The Hall–Kier alpha value is -1.62. The lowest BCUT2D eigenvalue weighted by atomic mass is 9.86. The average molecular weight is 256 g/mol. The van der Waals surface area contributed by atoms with Crippen molar-refractivity contribution in [3.63, 3.8) is 0 Å². The standard InChI is InChI=1S/C13H17FO4/c1-7(2)11(13(17)18-3)12(16)8-4-5-10(15)9(14)6-8/h4-7,11-12,15-16H,1-3H3. The number of hydrogen-bond acceptors (Lipinski definition) is 4. The monoisotopic (exact) mass is 256 g/mol. The number of aliphatic hydroxyl groups is 1. The average Bonchev–Trinajstić information content (AvgIpc) is 2.32. The molecule has 1 rings (SSSR count). The molecule has 2 atom stereocenters. The summed E-state index contributed by atoms with van der Waals surface area (Å²) < 4.78 is 17.8. The van der Waals surface area contributed by atoms with Crippen molar-refractivity contribution in [2.45, 2.75) is 20.0 Å². The van der Waals surface area contributed by atoms with Crippen molar-refractivity contribution in [2.24, 2.45) is 11.8 Å². The smallest absolute Gasteiger partial charge is 0.311 e. The second-order valence-corrected chi connectivity index (χ2v) is 4.45. The largest absolute Gasteiger partial charge is 0.505 e. The van der Waals surface area contributed by atoms with E-state index in [2.05, 4.69) is 4.74 Å². The Morgan fingerprint density at radius 3 is 2.44 bits per heavy atom. The highest BCUT2D eigenvalue weighted by Crippen LogP contribution is 2.31. The van der Waals surface area contributed by atoms with Crippen LogP contribution < -0.4 is 0 Å². The number of aliphatic hydroxyl groups excluding tert-OH is 1. The van der Waals surface area contributed by atoms with Crippen LogP contribution in [-0.4, -0.2) is 23.3 Å². The minimum absolute atomic E-state index is 0.163. The van der Waals surface area contributed by atoms with Crippen LogP contribution in [0.5, 0.6) is 5.75 Å². The van der Waals surface area contributed by atoms with E-state index in [1.54, 1.807) is 13.8 Å². The number of carbonyl (C=O) groups excluding carboxylic acids is 1. The van der Waals surface area contributed by atoms with Crippen LogP contribution in [0.15, 0.2) is 18.2 Å². The van der Waals surface area contributed by atoms with Gasteiger partial charge in [-0.05, 0) is 23.6 Å². The van der Waals surface area contributed by atoms with Gasteiger partial charge in [-0.25, -0.2) is 4.39 Å². The maximum Gasteiger partial charge on any atom is 0.311 e. The van der Waals surface area contributed by atoms with E-state index in [1.807, 2.05) is 0 Å². The number of hydrogen-bond donors (Lipinski definition) is 2. The minimum Gasteiger partial charge on any atom is -0.505 e. The van der Waals surface area contributed by atoms with Gasteiger partial charge in [0.1, 0.15) is 0 Å². The van der Waals surface area contributed by atoms with Gasteiger partial charge in [0.05, 0.1) is 19.1 Å². The lowest BCUT2D eigenvalue weighted by Gasteiger charge is -2.24. The summed E-state index contributed by atoms with van der Waals surface area (Å²) in [5.41, 5.74) is 0.231. The number of benzene rings is 1. The van der Waals surface area contributed by atoms with Gasteiger partial charge in [-0.15, -0.1) is 0 Å². The predicted molar refractivity (Wildman–Crippen MR) is 63.4 cm³/mol. The van der Waals surface area contributed by atoms with Crippen molar-refractivity contribution < 1.29 is 24.1 Å². The number of carbonyl (C=O) groups is 1. The minimum atomic E-state index is -1.17. The van der Waals surface area contributed by atoms with Gasteiger partial charge in [0.25, 0.3) is 0 Å². The van der Waals surface area contributed by atoms with Gasteiger partial charge in [0.2, 0.25) is 0 Å². The summed E-state index contributed by atoms with van der Waals surface area (Å²) in [6, 6.07) is 3.53. The predicted octanol–water partition coefficient (Wildman–Crippen LogP) is 2.01. The molecular weight excluding hydrogens is 239 g/mol. The second kappa shape index (κ2) is 5.82. The lowest BCUT2D eigenvalue weighted by Crippen LogP contribution is -2.28. The fourth-order valence-electron chi connectivity index (χ4n) is 1.82. The molecule has 1 aromatic carbocycles. The third-order valence-corrected chi connectivity index (χ3v) is 2.85. The van der Waals surface area contributed by atoms with E-state index in [0.29, 0.717) is 0 Å². The third-order valence-electron chi connectivity index (χ3n) is 2.85. The summed E-state index contributed by atoms with van der Waals surface area (Å²) in [6.07, 6.45) is -1.17. The van der Waals surface area contributed by atoms with E-state index in [9.17, 15) is 14.3 Å². The van der Waals surface area contributed by atoms with E-state index in [1.165, 1.54) is 13.2 Å². The summed E-state index contributed by atoms with van der Waals surface area (Å²) in [5, 5.41) is 19.2. The number of rotatable bonds is 4. The van der Waals surface area contributed by atoms with Crippen molar-refractivity contribution in [3.05, 3.63) is 29.6 Å². The molecule has 0 saturated carbocycles. The zero-order valence-corrected chi connectivity index (χ0v) is 10.6. The van der Waals surface area contributed by atoms with Gasteiger partial charge in [-0.3, -0.25) is 4.79 Å².